The monoisotopic (exact) mass is 206 g/mol. The lowest BCUT2D eigenvalue weighted by Crippen LogP contribution is -2.28. The second kappa shape index (κ2) is 3.93. The molecule has 1 fully saturated rings. The molecule has 0 bridgehead atoms. The second-order valence-corrected chi connectivity index (χ2v) is 3.94. The topological polar surface area (TPSA) is 46.5 Å². The summed E-state index contributed by atoms with van der Waals surface area (Å²) in [7, 11) is 0. The molecule has 0 aromatic heterocycles. The summed E-state index contributed by atoms with van der Waals surface area (Å²) in [4.78, 5) is 10.7. The molecular formula is C12H14O3. The highest BCUT2D eigenvalue weighted by Crippen LogP contribution is 2.42. The number of rotatable bonds is 2. The third-order valence-electron chi connectivity index (χ3n) is 2.99. The first-order valence-electron chi connectivity index (χ1n) is 5.20. The molecule has 0 radical (unpaired) electrons. The van der Waals surface area contributed by atoms with E-state index < -0.39 is 11.8 Å². The van der Waals surface area contributed by atoms with Crippen molar-refractivity contribution < 1.29 is 14.6 Å². The zero-order chi connectivity index (χ0) is 10.7. The van der Waals surface area contributed by atoms with Crippen LogP contribution < -0.4 is 0 Å². The highest BCUT2D eigenvalue weighted by atomic mass is 16.7. The van der Waals surface area contributed by atoms with Crippen molar-refractivity contribution in [3.63, 3.8) is 0 Å². The number of carboxylic acid groups (broad SMARTS) is 1. The highest BCUT2D eigenvalue weighted by molar-refractivity contribution is 5.58. The molecule has 0 atom stereocenters. The van der Waals surface area contributed by atoms with Gasteiger partial charge in [-0.1, -0.05) is 30.3 Å². The van der Waals surface area contributed by atoms with Crippen LogP contribution in [-0.4, -0.2) is 11.3 Å². The number of carbonyl (C=O) groups is 1. The molecule has 1 aliphatic carbocycles. The van der Waals surface area contributed by atoms with Gasteiger partial charge >= 0.3 is 6.16 Å². The first-order chi connectivity index (χ1) is 7.23. The predicted octanol–water partition coefficient (Wildman–Crippen LogP) is 3.15. The Labute approximate surface area is 88.7 Å². The van der Waals surface area contributed by atoms with Gasteiger partial charge in [0.15, 0.2) is 0 Å². The smallest absolute Gasteiger partial charge is 0.450 e. The van der Waals surface area contributed by atoms with Gasteiger partial charge in [0.1, 0.15) is 5.60 Å². The van der Waals surface area contributed by atoms with Gasteiger partial charge in [-0.2, -0.15) is 0 Å². The molecule has 1 N–H and O–H groups in total. The van der Waals surface area contributed by atoms with E-state index >= 15 is 0 Å². The fourth-order valence-corrected chi connectivity index (χ4v) is 2.30. The molecule has 0 amide bonds. The summed E-state index contributed by atoms with van der Waals surface area (Å²) >= 11 is 0. The molecule has 3 heteroatoms. The number of ether oxygens (including phenoxy) is 1. The summed E-state index contributed by atoms with van der Waals surface area (Å²) < 4.78 is 5.10. The summed E-state index contributed by atoms with van der Waals surface area (Å²) in [6.45, 7) is 0. The Morgan fingerprint density at radius 2 is 1.80 bits per heavy atom. The molecule has 3 nitrogen and oxygen atoms in total. The van der Waals surface area contributed by atoms with Crippen LogP contribution >= 0.6 is 0 Å². The van der Waals surface area contributed by atoms with E-state index in [2.05, 4.69) is 0 Å². The molecule has 1 aromatic rings. The molecule has 80 valence electrons. The van der Waals surface area contributed by atoms with Gasteiger partial charge in [0, 0.05) is 0 Å². The molecule has 1 aromatic carbocycles. The minimum atomic E-state index is -1.18. The molecule has 1 aliphatic rings. The van der Waals surface area contributed by atoms with Crippen molar-refractivity contribution in [3.05, 3.63) is 35.9 Å². The van der Waals surface area contributed by atoms with E-state index in [0.29, 0.717) is 0 Å². The molecule has 0 aliphatic heterocycles. The first-order valence-corrected chi connectivity index (χ1v) is 5.20. The standard InChI is InChI=1S/C12H14O3/c13-11(14)15-12(8-4-5-9-12)10-6-2-1-3-7-10/h1-3,6-7H,4-5,8-9H2,(H,13,14). The fraction of sp³-hybridized carbons (Fsp3) is 0.417. The van der Waals surface area contributed by atoms with Crippen LogP contribution in [0.3, 0.4) is 0 Å². The van der Waals surface area contributed by atoms with Crippen molar-refractivity contribution in [2.24, 2.45) is 0 Å². The summed E-state index contributed by atoms with van der Waals surface area (Å²) in [6, 6.07) is 9.64. The van der Waals surface area contributed by atoms with Crippen molar-refractivity contribution in [1.29, 1.82) is 0 Å². The van der Waals surface area contributed by atoms with Crippen LogP contribution in [0.25, 0.3) is 0 Å². The second-order valence-electron chi connectivity index (χ2n) is 3.94. The van der Waals surface area contributed by atoms with Crippen LogP contribution in [0, 0.1) is 0 Å². The molecule has 0 saturated heterocycles. The van der Waals surface area contributed by atoms with E-state index in [9.17, 15) is 4.79 Å². The van der Waals surface area contributed by atoms with E-state index in [-0.39, 0.29) is 0 Å². The molecule has 2 rings (SSSR count). The van der Waals surface area contributed by atoms with Crippen LogP contribution in [0.2, 0.25) is 0 Å². The molecular weight excluding hydrogens is 192 g/mol. The quantitative estimate of drug-likeness (QED) is 0.756. The predicted molar refractivity (Wildman–Crippen MR) is 55.7 cm³/mol. The maximum Gasteiger partial charge on any atom is 0.506 e. The minimum absolute atomic E-state index is 0.590. The van der Waals surface area contributed by atoms with Gasteiger partial charge in [-0.05, 0) is 31.2 Å². The molecule has 0 heterocycles. The van der Waals surface area contributed by atoms with Crippen molar-refractivity contribution in [1.82, 2.24) is 0 Å². The Kier molecular flexibility index (Phi) is 2.62. The average Bonchev–Trinajstić information content (AvgIpc) is 2.68. The summed E-state index contributed by atoms with van der Waals surface area (Å²) in [5.74, 6) is 0. The fourth-order valence-electron chi connectivity index (χ4n) is 2.30. The van der Waals surface area contributed by atoms with E-state index in [1.54, 1.807) is 0 Å². The van der Waals surface area contributed by atoms with Crippen LogP contribution in [0.15, 0.2) is 30.3 Å². The summed E-state index contributed by atoms with van der Waals surface area (Å²) in [6.07, 6.45) is 2.47. The Morgan fingerprint density at radius 1 is 1.20 bits per heavy atom. The Hall–Kier alpha value is -1.51. The SMILES string of the molecule is O=C(O)OC1(c2ccccc2)CCCC1. The molecule has 15 heavy (non-hydrogen) atoms. The third-order valence-corrected chi connectivity index (χ3v) is 2.99. The zero-order valence-electron chi connectivity index (χ0n) is 8.48. The number of hydrogen-bond acceptors (Lipinski definition) is 2. The number of benzene rings is 1. The van der Waals surface area contributed by atoms with Crippen LogP contribution in [-0.2, 0) is 10.3 Å². The van der Waals surface area contributed by atoms with Crippen LogP contribution in [0.1, 0.15) is 31.2 Å². The first kappa shape index (κ1) is 10.0. The Morgan fingerprint density at radius 3 is 2.33 bits per heavy atom. The van der Waals surface area contributed by atoms with Gasteiger partial charge in [-0.3, -0.25) is 0 Å². The van der Waals surface area contributed by atoms with E-state index in [1.165, 1.54) is 0 Å². The van der Waals surface area contributed by atoms with Crippen molar-refractivity contribution in [3.8, 4) is 0 Å². The molecule has 1 saturated carbocycles. The minimum Gasteiger partial charge on any atom is -0.450 e. The maximum absolute atomic E-state index is 10.7. The summed E-state index contributed by atoms with van der Waals surface area (Å²) in [5, 5.41) is 8.78. The van der Waals surface area contributed by atoms with Crippen LogP contribution in [0.4, 0.5) is 4.79 Å². The lowest BCUT2D eigenvalue weighted by Gasteiger charge is -2.27. The van der Waals surface area contributed by atoms with Gasteiger partial charge in [-0.15, -0.1) is 0 Å². The Balaban J connectivity index is 2.30. The third kappa shape index (κ3) is 1.96. The lowest BCUT2D eigenvalue weighted by atomic mass is 9.92. The van der Waals surface area contributed by atoms with Gasteiger partial charge in [0.2, 0.25) is 0 Å². The van der Waals surface area contributed by atoms with Crippen LogP contribution in [0.5, 0.6) is 0 Å². The largest absolute Gasteiger partial charge is 0.506 e. The maximum atomic E-state index is 10.7. The lowest BCUT2D eigenvalue weighted by molar-refractivity contribution is -0.0187. The highest BCUT2D eigenvalue weighted by Gasteiger charge is 2.39. The van der Waals surface area contributed by atoms with Gasteiger partial charge in [-0.25, -0.2) is 4.79 Å². The Bertz CT molecular complexity index is 339. The normalized spacial score (nSPS) is 18.7. The van der Waals surface area contributed by atoms with E-state index in [0.717, 1.165) is 31.2 Å². The van der Waals surface area contributed by atoms with Gasteiger partial charge < -0.3 is 9.84 Å². The van der Waals surface area contributed by atoms with Crippen molar-refractivity contribution in [2.75, 3.05) is 0 Å². The van der Waals surface area contributed by atoms with E-state index in [4.69, 9.17) is 9.84 Å². The summed E-state index contributed by atoms with van der Waals surface area (Å²) in [5.41, 5.74) is 0.387. The van der Waals surface area contributed by atoms with Crippen molar-refractivity contribution >= 4 is 6.16 Å². The average molecular weight is 206 g/mol. The zero-order valence-corrected chi connectivity index (χ0v) is 8.48. The van der Waals surface area contributed by atoms with Gasteiger partial charge in [0.05, 0.1) is 0 Å². The van der Waals surface area contributed by atoms with Crippen molar-refractivity contribution in [2.45, 2.75) is 31.3 Å². The molecule has 0 spiro atoms. The van der Waals surface area contributed by atoms with Gasteiger partial charge in [0.25, 0.3) is 0 Å². The van der Waals surface area contributed by atoms with E-state index in [1.807, 2.05) is 30.3 Å². The number of hydrogen-bond donors (Lipinski definition) is 1. The molecule has 0 unspecified atom stereocenters.